The molecule has 0 fully saturated rings. The molecule has 0 radical (unpaired) electrons. The average molecular weight is 342 g/mol. The smallest absolute Gasteiger partial charge is 0.271 e. The summed E-state index contributed by atoms with van der Waals surface area (Å²) in [6.45, 7) is 0. The van der Waals surface area contributed by atoms with Crippen molar-refractivity contribution in [3.05, 3.63) is 70.9 Å². The fourth-order valence-corrected chi connectivity index (χ4v) is 2.78. The van der Waals surface area contributed by atoms with Crippen LogP contribution in [0.1, 0.15) is 15.9 Å². The lowest BCUT2D eigenvalue weighted by atomic mass is 10.1. The lowest BCUT2D eigenvalue weighted by Gasteiger charge is -2.08. The summed E-state index contributed by atoms with van der Waals surface area (Å²) in [5.41, 5.74) is 7.03. The zero-order chi connectivity index (χ0) is 17.1. The first kappa shape index (κ1) is 16.1. The van der Waals surface area contributed by atoms with Crippen molar-refractivity contribution in [2.75, 3.05) is 0 Å². The van der Waals surface area contributed by atoms with Gasteiger partial charge < -0.3 is 4.57 Å². The third-order valence-electron chi connectivity index (χ3n) is 3.77. The fourth-order valence-electron chi connectivity index (χ4n) is 2.58. The van der Waals surface area contributed by atoms with Crippen LogP contribution in [0.5, 0.6) is 0 Å². The number of aryl methyl sites for hydroxylation is 1. The number of hydrazine groups is 1. The number of para-hydroxylation sites is 1. The molecule has 2 N–H and O–H groups in total. The molecule has 0 atom stereocenters. The number of benzene rings is 2. The van der Waals surface area contributed by atoms with Gasteiger partial charge in [-0.3, -0.25) is 20.4 Å². The summed E-state index contributed by atoms with van der Waals surface area (Å²) < 4.78 is 1.87. The third kappa shape index (κ3) is 3.26. The third-order valence-corrected chi connectivity index (χ3v) is 4.13. The first-order valence-corrected chi connectivity index (χ1v) is 7.80. The number of fused-ring (bicyclic) bond motifs is 1. The monoisotopic (exact) mass is 341 g/mol. The van der Waals surface area contributed by atoms with Crippen LogP contribution in [0.2, 0.25) is 5.02 Å². The van der Waals surface area contributed by atoms with E-state index in [1.807, 2.05) is 41.9 Å². The summed E-state index contributed by atoms with van der Waals surface area (Å²) in [7, 11) is 1.87. The Bertz CT molecular complexity index is 918. The molecule has 0 aliphatic heterocycles. The molecule has 1 heterocycles. The molecule has 122 valence electrons. The Balaban J connectivity index is 1.67. The summed E-state index contributed by atoms with van der Waals surface area (Å²) >= 11 is 6.02. The van der Waals surface area contributed by atoms with Crippen LogP contribution >= 0.6 is 11.6 Å². The van der Waals surface area contributed by atoms with Gasteiger partial charge in [0.15, 0.2) is 0 Å². The summed E-state index contributed by atoms with van der Waals surface area (Å²) in [5.74, 6) is -0.698. The lowest BCUT2D eigenvalue weighted by molar-refractivity contribution is -0.121. The molecule has 0 bridgehead atoms. The number of hydrogen-bond acceptors (Lipinski definition) is 2. The molecular formula is C18H16ClN3O2. The van der Waals surface area contributed by atoms with Gasteiger partial charge in [-0.25, -0.2) is 0 Å². The van der Waals surface area contributed by atoms with E-state index in [9.17, 15) is 9.59 Å². The standard InChI is InChI=1S/C18H16ClN3O2/c1-22-11-14(13-7-3-5-9-16(13)22)18(24)21-20-17(23)10-12-6-2-4-8-15(12)19/h2-9,11H,10H2,1H3,(H,20,23)(H,21,24). The average Bonchev–Trinajstić information content (AvgIpc) is 2.92. The van der Waals surface area contributed by atoms with Gasteiger partial charge in [-0.05, 0) is 17.7 Å². The van der Waals surface area contributed by atoms with E-state index in [1.54, 1.807) is 24.4 Å². The van der Waals surface area contributed by atoms with Gasteiger partial charge in [0.25, 0.3) is 5.91 Å². The fraction of sp³-hybridized carbons (Fsp3) is 0.111. The minimum atomic E-state index is -0.362. The van der Waals surface area contributed by atoms with E-state index in [0.717, 1.165) is 10.9 Å². The van der Waals surface area contributed by atoms with Gasteiger partial charge >= 0.3 is 0 Å². The molecule has 0 spiro atoms. The molecule has 0 saturated carbocycles. The van der Waals surface area contributed by atoms with E-state index in [-0.39, 0.29) is 18.2 Å². The summed E-state index contributed by atoms with van der Waals surface area (Å²) in [5, 5.41) is 1.35. The van der Waals surface area contributed by atoms with E-state index in [2.05, 4.69) is 10.9 Å². The Morgan fingerprint density at radius 3 is 2.54 bits per heavy atom. The second-order valence-corrected chi connectivity index (χ2v) is 5.85. The molecule has 6 heteroatoms. The van der Waals surface area contributed by atoms with Gasteiger partial charge in [-0.2, -0.15) is 0 Å². The molecular weight excluding hydrogens is 326 g/mol. The van der Waals surface area contributed by atoms with Crippen LogP contribution in [0, 0.1) is 0 Å². The number of halogens is 1. The van der Waals surface area contributed by atoms with Crippen LogP contribution in [0.15, 0.2) is 54.7 Å². The zero-order valence-electron chi connectivity index (χ0n) is 13.0. The molecule has 3 rings (SSSR count). The maximum Gasteiger partial charge on any atom is 0.271 e. The van der Waals surface area contributed by atoms with Gasteiger partial charge in [0.05, 0.1) is 12.0 Å². The van der Waals surface area contributed by atoms with Crippen molar-refractivity contribution in [3.63, 3.8) is 0 Å². The van der Waals surface area contributed by atoms with Gasteiger partial charge in [0.1, 0.15) is 0 Å². The highest BCUT2D eigenvalue weighted by molar-refractivity contribution is 6.31. The largest absolute Gasteiger partial charge is 0.350 e. The SMILES string of the molecule is Cn1cc(C(=O)NNC(=O)Cc2ccccc2Cl)c2ccccc21. The summed E-state index contributed by atoms with van der Waals surface area (Å²) in [6.07, 6.45) is 1.83. The van der Waals surface area contributed by atoms with Crippen molar-refractivity contribution in [3.8, 4) is 0 Å². The number of amides is 2. The molecule has 5 nitrogen and oxygen atoms in total. The Morgan fingerprint density at radius 1 is 1.04 bits per heavy atom. The number of aromatic nitrogens is 1. The van der Waals surface area contributed by atoms with Crippen molar-refractivity contribution in [1.82, 2.24) is 15.4 Å². The highest BCUT2D eigenvalue weighted by Gasteiger charge is 2.14. The summed E-state index contributed by atoms with van der Waals surface area (Å²) in [4.78, 5) is 24.3. The predicted octanol–water partition coefficient (Wildman–Crippen LogP) is 2.84. The van der Waals surface area contributed by atoms with E-state index >= 15 is 0 Å². The second kappa shape index (κ2) is 6.76. The maximum absolute atomic E-state index is 12.3. The predicted molar refractivity (Wildman–Crippen MR) is 93.7 cm³/mol. The van der Waals surface area contributed by atoms with Crippen molar-refractivity contribution in [2.45, 2.75) is 6.42 Å². The highest BCUT2D eigenvalue weighted by atomic mass is 35.5. The van der Waals surface area contributed by atoms with E-state index in [1.165, 1.54) is 0 Å². The molecule has 3 aromatic rings. The quantitative estimate of drug-likeness (QED) is 0.719. The van der Waals surface area contributed by atoms with E-state index in [4.69, 9.17) is 11.6 Å². The van der Waals surface area contributed by atoms with Crippen molar-refractivity contribution < 1.29 is 9.59 Å². The van der Waals surface area contributed by atoms with Crippen LogP contribution < -0.4 is 10.9 Å². The minimum Gasteiger partial charge on any atom is -0.350 e. The van der Waals surface area contributed by atoms with Crippen LogP contribution in [0.3, 0.4) is 0 Å². The van der Waals surface area contributed by atoms with Gasteiger partial charge in [0.2, 0.25) is 5.91 Å². The first-order valence-electron chi connectivity index (χ1n) is 7.43. The molecule has 2 aromatic carbocycles. The molecule has 0 saturated heterocycles. The molecule has 0 aliphatic rings. The zero-order valence-corrected chi connectivity index (χ0v) is 13.8. The van der Waals surface area contributed by atoms with Crippen LogP contribution in [-0.4, -0.2) is 16.4 Å². The molecule has 0 unspecified atom stereocenters. The molecule has 2 amide bonds. The number of carbonyl (C=O) groups excluding carboxylic acids is 2. The number of hydrogen-bond donors (Lipinski definition) is 2. The Labute approximate surface area is 144 Å². The number of nitrogens with zero attached hydrogens (tertiary/aromatic N) is 1. The van der Waals surface area contributed by atoms with E-state index < -0.39 is 0 Å². The Morgan fingerprint density at radius 2 is 1.75 bits per heavy atom. The Hall–Kier alpha value is -2.79. The summed E-state index contributed by atoms with van der Waals surface area (Å²) in [6, 6.07) is 14.7. The second-order valence-electron chi connectivity index (χ2n) is 5.44. The number of carbonyl (C=O) groups is 2. The highest BCUT2D eigenvalue weighted by Crippen LogP contribution is 2.20. The van der Waals surface area contributed by atoms with Crippen LogP contribution in [0.25, 0.3) is 10.9 Å². The van der Waals surface area contributed by atoms with Crippen LogP contribution in [-0.2, 0) is 18.3 Å². The molecule has 24 heavy (non-hydrogen) atoms. The normalized spacial score (nSPS) is 10.6. The molecule has 0 aliphatic carbocycles. The van der Waals surface area contributed by atoms with Gasteiger partial charge in [0, 0.05) is 29.2 Å². The van der Waals surface area contributed by atoms with Gasteiger partial charge in [-0.1, -0.05) is 48.0 Å². The maximum atomic E-state index is 12.3. The van der Waals surface area contributed by atoms with E-state index in [0.29, 0.717) is 16.1 Å². The number of rotatable bonds is 3. The Kier molecular flexibility index (Phi) is 4.53. The van der Waals surface area contributed by atoms with Crippen molar-refractivity contribution in [1.29, 1.82) is 0 Å². The number of nitrogens with one attached hydrogen (secondary N) is 2. The topological polar surface area (TPSA) is 63.1 Å². The van der Waals surface area contributed by atoms with Crippen LogP contribution in [0.4, 0.5) is 0 Å². The van der Waals surface area contributed by atoms with Crippen molar-refractivity contribution in [2.24, 2.45) is 7.05 Å². The minimum absolute atomic E-state index is 0.0927. The lowest BCUT2D eigenvalue weighted by Crippen LogP contribution is -2.42. The van der Waals surface area contributed by atoms with Gasteiger partial charge in [-0.15, -0.1) is 0 Å². The molecule has 1 aromatic heterocycles. The van der Waals surface area contributed by atoms with Crippen molar-refractivity contribution >= 4 is 34.3 Å². The first-order chi connectivity index (χ1) is 11.6.